The fourth-order valence-corrected chi connectivity index (χ4v) is 1.47. The molecule has 6 heteroatoms. The van der Waals surface area contributed by atoms with E-state index in [0.29, 0.717) is 0 Å². The molecule has 1 N–H and O–H groups in total. The summed E-state index contributed by atoms with van der Waals surface area (Å²) < 4.78 is 44.4. The van der Waals surface area contributed by atoms with E-state index >= 15 is 0 Å². The standard InChI is InChI=1S/C9H6F3NO2/c1-15-5-3-2-4(10)7-6(5)9(11,12)8(14)13-7/h2-3H,1H3,(H,13,14). The van der Waals surface area contributed by atoms with Gasteiger partial charge >= 0.3 is 5.92 Å². The summed E-state index contributed by atoms with van der Waals surface area (Å²) in [7, 11) is 1.17. The number of halogens is 3. The number of methoxy groups -OCH3 is 1. The third kappa shape index (κ3) is 1.17. The number of hydrogen-bond acceptors (Lipinski definition) is 2. The van der Waals surface area contributed by atoms with Crippen LogP contribution in [0.5, 0.6) is 5.75 Å². The molecule has 1 aliphatic rings. The first-order chi connectivity index (χ1) is 6.98. The molecule has 2 rings (SSSR count). The first kappa shape index (κ1) is 9.82. The monoisotopic (exact) mass is 217 g/mol. The Morgan fingerprint density at radius 1 is 1.40 bits per heavy atom. The Morgan fingerprint density at radius 2 is 2.07 bits per heavy atom. The van der Waals surface area contributed by atoms with E-state index in [-0.39, 0.29) is 5.75 Å². The highest BCUT2D eigenvalue weighted by atomic mass is 19.3. The van der Waals surface area contributed by atoms with E-state index in [1.807, 2.05) is 0 Å². The van der Waals surface area contributed by atoms with Gasteiger partial charge in [0.1, 0.15) is 11.6 Å². The number of benzene rings is 1. The van der Waals surface area contributed by atoms with Crippen molar-refractivity contribution in [3.8, 4) is 5.75 Å². The largest absolute Gasteiger partial charge is 0.496 e. The first-order valence-electron chi connectivity index (χ1n) is 4.04. The lowest BCUT2D eigenvalue weighted by Crippen LogP contribution is -2.24. The number of carbonyl (C=O) groups is 1. The normalized spacial score (nSPS) is 17.2. The fourth-order valence-electron chi connectivity index (χ4n) is 1.47. The van der Waals surface area contributed by atoms with Crippen molar-refractivity contribution in [2.45, 2.75) is 5.92 Å². The van der Waals surface area contributed by atoms with E-state index in [1.54, 1.807) is 5.32 Å². The third-order valence-corrected chi connectivity index (χ3v) is 2.17. The average molecular weight is 217 g/mol. The minimum atomic E-state index is -3.75. The van der Waals surface area contributed by atoms with E-state index in [9.17, 15) is 18.0 Å². The minimum absolute atomic E-state index is 0.213. The molecule has 0 aliphatic carbocycles. The number of anilines is 1. The van der Waals surface area contributed by atoms with Gasteiger partial charge in [-0.2, -0.15) is 8.78 Å². The minimum Gasteiger partial charge on any atom is -0.496 e. The van der Waals surface area contributed by atoms with E-state index in [1.165, 1.54) is 7.11 Å². The zero-order valence-electron chi connectivity index (χ0n) is 7.61. The summed E-state index contributed by atoms with van der Waals surface area (Å²) in [6.45, 7) is 0. The van der Waals surface area contributed by atoms with Gasteiger partial charge in [-0.1, -0.05) is 0 Å². The van der Waals surface area contributed by atoms with Crippen molar-refractivity contribution in [1.29, 1.82) is 0 Å². The molecule has 0 bridgehead atoms. The van der Waals surface area contributed by atoms with Crippen LogP contribution in [0.1, 0.15) is 5.56 Å². The zero-order valence-corrected chi connectivity index (χ0v) is 7.61. The molecular formula is C9H6F3NO2. The molecule has 1 heterocycles. The third-order valence-electron chi connectivity index (χ3n) is 2.17. The summed E-state index contributed by atoms with van der Waals surface area (Å²) in [5, 5.41) is 1.79. The molecule has 0 unspecified atom stereocenters. The van der Waals surface area contributed by atoms with Crippen molar-refractivity contribution in [3.63, 3.8) is 0 Å². The Hall–Kier alpha value is -1.72. The molecule has 0 spiro atoms. The van der Waals surface area contributed by atoms with Gasteiger partial charge in [0, 0.05) is 0 Å². The highest BCUT2D eigenvalue weighted by Gasteiger charge is 2.51. The van der Waals surface area contributed by atoms with Crippen LogP contribution in [0.3, 0.4) is 0 Å². The van der Waals surface area contributed by atoms with Gasteiger partial charge in [-0.25, -0.2) is 4.39 Å². The predicted octanol–water partition coefficient (Wildman–Crippen LogP) is 1.88. The SMILES string of the molecule is COc1ccc(F)c2c1C(F)(F)C(=O)N2. The topological polar surface area (TPSA) is 38.3 Å². The molecule has 15 heavy (non-hydrogen) atoms. The summed E-state index contributed by atoms with van der Waals surface area (Å²) in [5.41, 5.74) is -1.25. The van der Waals surface area contributed by atoms with Crippen LogP contribution in [0.2, 0.25) is 0 Å². The second-order valence-electron chi connectivity index (χ2n) is 3.03. The molecule has 0 radical (unpaired) electrons. The maximum Gasteiger partial charge on any atom is 0.355 e. The molecule has 1 aromatic rings. The van der Waals surface area contributed by atoms with Crippen LogP contribution in [-0.2, 0) is 10.7 Å². The summed E-state index contributed by atoms with van der Waals surface area (Å²) in [6.07, 6.45) is 0. The highest BCUT2D eigenvalue weighted by Crippen LogP contribution is 2.46. The second kappa shape index (κ2) is 2.88. The van der Waals surface area contributed by atoms with Gasteiger partial charge in [0.25, 0.3) is 5.91 Å². The predicted molar refractivity (Wildman–Crippen MR) is 45.5 cm³/mol. The van der Waals surface area contributed by atoms with Crippen molar-refractivity contribution >= 4 is 11.6 Å². The lowest BCUT2D eigenvalue weighted by atomic mass is 10.1. The van der Waals surface area contributed by atoms with Crippen LogP contribution < -0.4 is 10.1 Å². The van der Waals surface area contributed by atoms with E-state index < -0.39 is 28.9 Å². The van der Waals surface area contributed by atoms with Crippen LogP contribution in [-0.4, -0.2) is 13.0 Å². The smallest absolute Gasteiger partial charge is 0.355 e. The molecule has 80 valence electrons. The first-order valence-corrected chi connectivity index (χ1v) is 4.04. The number of amides is 1. The van der Waals surface area contributed by atoms with Gasteiger partial charge < -0.3 is 10.1 Å². The number of carbonyl (C=O) groups excluding carboxylic acids is 1. The number of fused-ring (bicyclic) bond motifs is 1. The van der Waals surface area contributed by atoms with Crippen LogP contribution in [0.4, 0.5) is 18.9 Å². The molecule has 0 saturated carbocycles. The summed E-state index contributed by atoms with van der Waals surface area (Å²) >= 11 is 0. The molecule has 1 aromatic carbocycles. The Morgan fingerprint density at radius 3 is 2.67 bits per heavy atom. The van der Waals surface area contributed by atoms with Gasteiger partial charge in [0.2, 0.25) is 0 Å². The molecular weight excluding hydrogens is 211 g/mol. The van der Waals surface area contributed by atoms with Gasteiger partial charge in [0.05, 0.1) is 18.4 Å². The van der Waals surface area contributed by atoms with Crippen molar-refractivity contribution in [2.24, 2.45) is 0 Å². The Kier molecular flexibility index (Phi) is 1.89. The van der Waals surface area contributed by atoms with E-state index in [4.69, 9.17) is 0 Å². The van der Waals surface area contributed by atoms with Crippen LogP contribution in [0.15, 0.2) is 12.1 Å². The number of rotatable bonds is 1. The summed E-state index contributed by atoms with van der Waals surface area (Å²) in [6, 6.07) is 2.02. The van der Waals surface area contributed by atoms with E-state index in [0.717, 1.165) is 12.1 Å². The van der Waals surface area contributed by atoms with Crippen molar-refractivity contribution < 1.29 is 22.7 Å². The lowest BCUT2D eigenvalue weighted by molar-refractivity contribution is -0.139. The maximum atomic E-state index is 13.3. The zero-order chi connectivity index (χ0) is 11.2. The van der Waals surface area contributed by atoms with Crippen LogP contribution >= 0.6 is 0 Å². The number of ether oxygens (including phenoxy) is 1. The van der Waals surface area contributed by atoms with Crippen molar-refractivity contribution in [3.05, 3.63) is 23.5 Å². The Balaban J connectivity index is 2.73. The van der Waals surface area contributed by atoms with Crippen molar-refractivity contribution in [1.82, 2.24) is 0 Å². The van der Waals surface area contributed by atoms with Gasteiger partial charge in [-0.15, -0.1) is 0 Å². The summed E-state index contributed by atoms with van der Waals surface area (Å²) in [4.78, 5) is 10.9. The van der Waals surface area contributed by atoms with Gasteiger partial charge in [-0.05, 0) is 12.1 Å². The van der Waals surface area contributed by atoms with E-state index in [2.05, 4.69) is 4.74 Å². The molecule has 0 fully saturated rings. The summed E-state index contributed by atoms with van der Waals surface area (Å²) in [5.74, 6) is -6.41. The number of hydrogen-bond donors (Lipinski definition) is 1. The molecule has 0 atom stereocenters. The Labute approximate surface area is 82.8 Å². The molecule has 0 aromatic heterocycles. The molecule has 3 nitrogen and oxygen atoms in total. The maximum absolute atomic E-state index is 13.3. The fraction of sp³-hybridized carbons (Fsp3) is 0.222. The molecule has 1 amide bonds. The Bertz CT molecular complexity index is 445. The number of nitrogens with one attached hydrogen (secondary N) is 1. The van der Waals surface area contributed by atoms with Crippen LogP contribution in [0, 0.1) is 5.82 Å². The lowest BCUT2D eigenvalue weighted by Gasteiger charge is -2.11. The van der Waals surface area contributed by atoms with Gasteiger partial charge in [-0.3, -0.25) is 4.79 Å². The van der Waals surface area contributed by atoms with Crippen LogP contribution in [0.25, 0.3) is 0 Å². The van der Waals surface area contributed by atoms with Crippen molar-refractivity contribution in [2.75, 3.05) is 12.4 Å². The quantitative estimate of drug-likeness (QED) is 0.779. The molecule has 1 aliphatic heterocycles. The average Bonchev–Trinajstić information content (AvgIpc) is 2.42. The number of alkyl halides is 2. The second-order valence-corrected chi connectivity index (χ2v) is 3.03. The molecule has 0 saturated heterocycles. The highest BCUT2D eigenvalue weighted by molar-refractivity contribution is 6.04. The van der Waals surface area contributed by atoms with Gasteiger partial charge in [0.15, 0.2) is 0 Å².